The standard InChI is InChI=1S/C23H22N4/c1-3-21(20-14-17(2)11-13-25-20)27-16-26-22(18-8-5-4-6-9-18)23(27)19-10-7-12-24-15-19/h4-16,21H,3H2,1-2H3/t21-/m1/s1. The first-order valence-corrected chi connectivity index (χ1v) is 9.23. The van der Waals surface area contributed by atoms with Crippen LogP contribution in [0.4, 0.5) is 0 Å². The monoisotopic (exact) mass is 354 g/mol. The lowest BCUT2D eigenvalue weighted by molar-refractivity contribution is 0.556. The molecule has 4 rings (SSSR count). The number of aryl methyl sites for hydroxylation is 1. The number of benzene rings is 1. The van der Waals surface area contributed by atoms with Gasteiger partial charge in [0.05, 0.1) is 29.5 Å². The Labute approximate surface area is 159 Å². The zero-order valence-corrected chi connectivity index (χ0v) is 15.6. The Morgan fingerprint density at radius 1 is 0.926 bits per heavy atom. The van der Waals surface area contributed by atoms with Crippen molar-refractivity contribution in [1.29, 1.82) is 0 Å². The smallest absolute Gasteiger partial charge is 0.0965 e. The third kappa shape index (κ3) is 3.38. The fraction of sp³-hybridized carbons (Fsp3) is 0.174. The van der Waals surface area contributed by atoms with E-state index < -0.39 is 0 Å². The van der Waals surface area contributed by atoms with Gasteiger partial charge in [0.25, 0.3) is 0 Å². The highest BCUT2D eigenvalue weighted by atomic mass is 15.1. The van der Waals surface area contributed by atoms with Gasteiger partial charge in [-0.2, -0.15) is 0 Å². The molecule has 27 heavy (non-hydrogen) atoms. The second-order valence-corrected chi connectivity index (χ2v) is 6.64. The van der Waals surface area contributed by atoms with Crippen molar-refractivity contribution in [3.05, 3.63) is 90.8 Å². The quantitative estimate of drug-likeness (QED) is 0.487. The van der Waals surface area contributed by atoms with E-state index in [0.717, 1.165) is 34.6 Å². The third-order valence-electron chi connectivity index (χ3n) is 4.78. The lowest BCUT2D eigenvalue weighted by Gasteiger charge is -2.20. The molecule has 3 heterocycles. The summed E-state index contributed by atoms with van der Waals surface area (Å²) in [6, 6.07) is 18.7. The van der Waals surface area contributed by atoms with Crippen molar-refractivity contribution in [3.8, 4) is 22.5 Å². The number of hydrogen-bond acceptors (Lipinski definition) is 3. The first-order valence-electron chi connectivity index (χ1n) is 9.23. The van der Waals surface area contributed by atoms with E-state index in [9.17, 15) is 0 Å². The Balaban J connectivity index is 1.92. The summed E-state index contributed by atoms with van der Waals surface area (Å²) in [5.74, 6) is 0. The van der Waals surface area contributed by atoms with Gasteiger partial charge in [-0.1, -0.05) is 37.3 Å². The number of aromatic nitrogens is 4. The molecule has 0 aliphatic heterocycles. The summed E-state index contributed by atoms with van der Waals surface area (Å²) in [6.45, 7) is 4.28. The second kappa shape index (κ2) is 7.54. The topological polar surface area (TPSA) is 43.6 Å². The lowest BCUT2D eigenvalue weighted by atomic mass is 10.0. The molecule has 0 fully saturated rings. The average Bonchev–Trinajstić information content (AvgIpc) is 3.15. The van der Waals surface area contributed by atoms with E-state index in [1.165, 1.54) is 5.56 Å². The summed E-state index contributed by atoms with van der Waals surface area (Å²) in [7, 11) is 0. The third-order valence-corrected chi connectivity index (χ3v) is 4.78. The summed E-state index contributed by atoms with van der Waals surface area (Å²) in [6.07, 6.45) is 8.44. The second-order valence-electron chi connectivity index (χ2n) is 6.64. The van der Waals surface area contributed by atoms with Crippen molar-refractivity contribution in [2.75, 3.05) is 0 Å². The van der Waals surface area contributed by atoms with Crippen LogP contribution in [0.15, 0.2) is 79.5 Å². The minimum atomic E-state index is 0.116. The van der Waals surface area contributed by atoms with Gasteiger partial charge in [0, 0.05) is 29.7 Å². The number of hydrogen-bond donors (Lipinski definition) is 0. The summed E-state index contributed by atoms with van der Waals surface area (Å²) in [5, 5.41) is 0. The van der Waals surface area contributed by atoms with Gasteiger partial charge in [0.1, 0.15) is 0 Å². The molecular weight excluding hydrogens is 332 g/mol. The van der Waals surface area contributed by atoms with E-state index in [4.69, 9.17) is 4.98 Å². The largest absolute Gasteiger partial charge is 0.321 e. The van der Waals surface area contributed by atoms with Crippen LogP contribution in [0, 0.1) is 6.92 Å². The highest BCUT2D eigenvalue weighted by molar-refractivity contribution is 5.78. The molecule has 0 bridgehead atoms. The first-order chi connectivity index (χ1) is 13.3. The highest BCUT2D eigenvalue weighted by Crippen LogP contribution is 2.35. The maximum absolute atomic E-state index is 4.79. The summed E-state index contributed by atoms with van der Waals surface area (Å²) >= 11 is 0. The maximum atomic E-state index is 4.79. The molecule has 4 heteroatoms. The van der Waals surface area contributed by atoms with Crippen LogP contribution < -0.4 is 0 Å². The van der Waals surface area contributed by atoms with Crippen molar-refractivity contribution >= 4 is 0 Å². The van der Waals surface area contributed by atoms with E-state index >= 15 is 0 Å². The number of rotatable bonds is 5. The van der Waals surface area contributed by atoms with Crippen molar-refractivity contribution in [1.82, 2.24) is 19.5 Å². The fourth-order valence-electron chi connectivity index (χ4n) is 3.48. The van der Waals surface area contributed by atoms with Crippen LogP contribution in [0.25, 0.3) is 22.5 Å². The summed E-state index contributed by atoms with van der Waals surface area (Å²) in [5.41, 5.74) is 6.46. The molecule has 0 radical (unpaired) electrons. The van der Waals surface area contributed by atoms with Crippen LogP contribution in [-0.4, -0.2) is 19.5 Å². The SMILES string of the molecule is CC[C@H](c1cc(C)ccn1)n1cnc(-c2ccccc2)c1-c1cccnc1. The van der Waals surface area contributed by atoms with Crippen LogP contribution in [0.5, 0.6) is 0 Å². The number of imidazole rings is 1. The normalized spacial score (nSPS) is 12.1. The molecule has 0 amide bonds. The van der Waals surface area contributed by atoms with Crippen molar-refractivity contribution < 1.29 is 0 Å². The zero-order valence-electron chi connectivity index (χ0n) is 15.6. The van der Waals surface area contributed by atoms with Gasteiger partial charge in [-0.05, 0) is 43.2 Å². The maximum Gasteiger partial charge on any atom is 0.0965 e. The molecule has 4 nitrogen and oxygen atoms in total. The average molecular weight is 354 g/mol. The predicted octanol–water partition coefficient (Wildman–Crippen LogP) is 5.31. The van der Waals surface area contributed by atoms with Crippen LogP contribution >= 0.6 is 0 Å². The van der Waals surface area contributed by atoms with Crippen LogP contribution in [0.1, 0.15) is 30.6 Å². The molecule has 0 aliphatic carbocycles. The van der Waals surface area contributed by atoms with Gasteiger partial charge >= 0.3 is 0 Å². The van der Waals surface area contributed by atoms with Gasteiger partial charge in [0.2, 0.25) is 0 Å². The molecule has 3 aromatic heterocycles. The summed E-state index contributed by atoms with van der Waals surface area (Å²) in [4.78, 5) is 13.8. The molecule has 0 aliphatic rings. The van der Waals surface area contributed by atoms with E-state index in [0.29, 0.717) is 0 Å². The minimum absolute atomic E-state index is 0.116. The van der Waals surface area contributed by atoms with E-state index in [1.807, 2.05) is 49.1 Å². The number of pyridine rings is 2. The van der Waals surface area contributed by atoms with Gasteiger partial charge in [-0.3, -0.25) is 9.97 Å². The Morgan fingerprint density at radius 2 is 1.74 bits per heavy atom. The Morgan fingerprint density at radius 3 is 2.44 bits per heavy atom. The van der Waals surface area contributed by atoms with Gasteiger partial charge < -0.3 is 4.57 Å². The van der Waals surface area contributed by atoms with Gasteiger partial charge in [-0.25, -0.2) is 4.98 Å². The molecular formula is C23H22N4. The first kappa shape index (κ1) is 17.2. The molecule has 4 aromatic rings. The van der Waals surface area contributed by atoms with Crippen LogP contribution in [0.2, 0.25) is 0 Å². The number of nitrogens with zero attached hydrogens (tertiary/aromatic N) is 4. The molecule has 0 saturated carbocycles. The predicted molar refractivity (Wildman–Crippen MR) is 108 cm³/mol. The van der Waals surface area contributed by atoms with Crippen LogP contribution in [0.3, 0.4) is 0 Å². The Kier molecular flexibility index (Phi) is 4.79. The Bertz CT molecular complexity index is 1020. The molecule has 0 unspecified atom stereocenters. The van der Waals surface area contributed by atoms with E-state index in [2.05, 4.69) is 52.6 Å². The van der Waals surface area contributed by atoms with Gasteiger partial charge in [0.15, 0.2) is 0 Å². The summed E-state index contributed by atoms with van der Waals surface area (Å²) < 4.78 is 2.24. The molecule has 0 saturated heterocycles. The molecule has 1 aromatic carbocycles. The molecule has 1 atom stereocenters. The van der Waals surface area contributed by atoms with Crippen molar-refractivity contribution in [2.45, 2.75) is 26.3 Å². The van der Waals surface area contributed by atoms with Crippen LogP contribution in [-0.2, 0) is 0 Å². The lowest BCUT2D eigenvalue weighted by Crippen LogP contribution is -2.12. The molecule has 0 spiro atoms. The van der Waals surface area contributed by atoms with Gasteiger partial charge in [-0.15, -0.1) is 0 Å². The fourth-order valence-corrected chi connectivity index (χ4v) is 3.48. The van der Waals surface area contributed by atoms with Crippen molar-refractivity contribution in [2.24, 2.45) is 0 Å². The van der Waals surface area contributed by atoms with E-state index in [-0.39, 0.29) is 6.04 Å². The minimum Gasteiger partial charge on any atom is -0.321 e. The highest BCUT2D eigenvalue weighted by Gasteiger charge is 2.22. The molecule has 0 N–H and O–H groups in total. The Hall–Kier alpha value is -3.27. The zero-order chi connectivity index (χ0) is 18.6. The van der Waals surface area contributed by atoms with Crippen molar-refractivity contribution in [3.63, 3.8) is 0 Å². The van der Waals surface area contributed by atoms with E-state index in [1.54, 1.807) is 6.20 Å². The molecule has 134 valence electrons.